The van der Waals surface area contributed by atoms with E-state index in [-0.39, 0.29) is 0 Å². The number of hydrogen-bond donors (Lipinski definition) is 6. The fraction of sp³-hybridized carbons (Fsp3) is 1.00. The van der Waals surface area contributed by atoms with Crippen LogP contribution in [0, 0.1) is 0 Å². The molecule has 0 unspecified atom stereocenters. The van der Waals surface area contributed by atoms with Crippen LogP contribution < -0.4 is 0 Å². The Hall–Kier alpha value is -0.290. The summed E-state index contributed by atoms with van der Waals surface area (Å²) in [6.07, 6.45) is -7.58. The Labute approximate surface area is 86.2 Å². The third-order valence-electron chi connectivity index (χ3n) is 1.71. The van der Waals surface area contributed by atoms with Crippen LogP contribution in [0.2, 0.25) is 0 Å². The van der Waals surface area contributed by atoms with Crippen molar-refractivity contribution in [3.8, 4) is 0 Å². The van der Waals surface area contributed by atoms with E-state index in [1.165, 1.54) is 0 Å². The summed E-state index contributed by atoms with van der Waals surface area (Å²) in [5, 5.41) is 44.4. The first kappa shape index (κ1) is 14.7. The molecule has 0 aliphatic heterocycles. The first-order valence-electron chi connectivity index (χ1n) is 3.97. The van der Waals surface area contributed by atoms with Crippen molar-refractivity contribution < 1.29 is 38.5 Å². The van der Waals surface area contributed by atoms with E-state index in [9.17, 15) is 8.42 Å². The van der Waals surface area contributed by atoms with E-state index in [1.807, 2.05) is 0 Å². The summed E-state index contributed by atoms with van der Waals surface area (Å²) in [5.74, 6) is -1.18. The molecule has 0 heterocycles. The molecule has 0 saturated heterocycles. The number of aliphatic hydroxyl groups is 5. The maximum Gasteiger partial charge on any atom is 0.267 e. The Morgan fingerprint density at radius 2 is 1.33 bits per heavy atom. The third-order valence-corrected chi connectivity index (χ3v) is 2.47. The van der Waals surface area contributed by atoms with E-state index in [0.29, 0.717) is 0 Å². The molecule has 9 heteroatoms. The van der Waals surface area contributed by atoms with E-state index < -0.39 is 46.9 Å². The summed E-state index contributed by atoms with van der Waals surface area (Å²) in [6.45, 7) is -0.864. The highest BCUT2D eigenvalue weighted by Gasteiger charge is 2.32. The molecule has 0 aromatic rings. The smallest absolute Gasteiger partial charge is 0.267 e. The Balaban J connectivity index is 4.37. The van der Waals surface area contributed by atoms with Crippen molar-refractivity contribution in [2.24, 2.45) is 0 Å². The van der Waals surface area contributed by atoms with Gasteiger partial charge in [0.05, 0.1) is 12.7 Å². The highest BCUT2D eigenvalue weighted by molar-refractivity contribution is 7.85. The van der Waals surface area contributed by atoms with E-state index in [1.54, 1.807) is 0 Å². The minimum absolute atomic E-state index is 0.864. The van der Waals surface area contributed by atoms with Gasteiger partial charge in [0.25, 0.3) is 10.1 Å². The zero-order chi connectivity index (χ0) is 12.2. The number of rotatable bonds is 6. The molecule has 0 aromatic heterocycles. The predicted octanol–water partition coefficient (Wildman–Crippen LogP) is -3.69. The maximum atomic E-state index is 10.3. The van der Waals surface area contributed by atoms with Crippen LogP contribution in [-0.4, -0.2) is 75.3 Å². The number of aliphatic hydroxyl groups excluding tert-OH is 5. The van der Waals surface area contributed by atoms with Gasteiger partial charge in [0, 0.05) is 0 Å². The van der Waals surface area contributed by atoms with Crippen LogP contribution in [0.1, 0.15) is 0 Å². The first-order valence-corrected chi connectivity index (χ1v) is 5.58. The van der Waals surface area contributed by atoms with Crippen molar-refractivity contribution in [3.05, 3.63) is 0 Å². The molecule has 6 N–H and O–H groups in total. The second kappa shape index (κ2) is 5.70. The van der Waals surface area contributed by atoms with Crippen molar-refractivity contribution in [2.45, 2.75) is 24.4 Å². The second-order valence-electron chi connectivity index (χ2n) is 3.05. The molecule has 4 atom stereocenters. The summed E-state index contributed by atoms with van der Waals surface area (Å²) in [4.78, 5) is 0. The maximum absolute atomic E-state index is 10.3. The second-order valence-corrected chi connectivity index (χ2v) is 4.54. The molecule has 0 aliphatic rings. The fourth-order valence-corrected chi connectivity index (χ4v) is 1.51. The van der Waals surface area contributed by atoms with Crippen LogP contribution in [0.3, 0.4) is 0 Å². The summed E-state index contributed by atoms with van der Waals surface area (Å²) in [5.41, 5.74) is 0. The third kappa shape index (κ3) is 5.37. The lowest BCUT2D eigenvalue weighted by molar-refractivity contribution is -0.110. The van der Waals surface area contributed by atoms with Crippen molar-refractivity contribution >= 4 is 10.1 Å². The first-order chi connectivity index (χ1) is 6.69. The Kier molecular flexibility index (Phi) is 5.59. The quantitative estimate of drug-likeness (QED) is 0.262. The van der Waals surface area contributed by atoms with Crippen LogP contribution in [-0.2, 0) is 10.1 Å². The molecule has 0 aromatic carbocycles. The summed E-state index contributed by atoms with van der Waals surface area (Å²) < 4.78 is 28.9. The normalized spacial score (nSPS) is 20.7. The molecule has 0 aliphatic carbocycles. The molecule has 92 valence electrons. The van der Waals surface area contributed by atoms with Gasteiger partial charge in [-0.2, -0.15) is 8.42 Å². The predicted molar refractivity (Wildman–Crippen MR) is 47.5 cm³/mol. The lowest BCUT2D eigenvalue weighted by Crippen LogP contribution is -2.47. The van der Waals surface area contributed by atoms with E-state index in [0.717, 1.165) is 0 Å². The molecular formula is C6H14O8S. The molecule has 0 fully saturated rings. The highest BCUT2D eigenvalue weighted by atomic mass is 32.2. The largest absolute Gasteiger partial charge is 0.394 e. The topological polar surface area (TPSA) is 156 Å². The minimum atomic E-state index is -4.50. The van der Waals surface area contributed by atoms with Gasteiger partial charge in [-0.3, -0.25) is 4.55 Å². The van der Waals surface area contributed by atoms with E-state index >= 15 is 0 Å². The average molecular weight is 246 g/mol. The standard InChI is InChI=1S/C6H14O8S/c7-1-3(8)5(10)6(11)4(9)2-15(12,13)14/h3-11H,1-2H2,(H,12,13,14)/t3-,4+,5+,6+/m0/s1. The Bertz CT molecular complexity index is 275. The molecule has 0 bridgehead atoms. The van der Waals surface area contributed by atoms with Crippen LogP contribution in [0.15, 0.2) is 0 Å². The van der Waals surface area contributed by atoms with Crippen LogP contribution >= 0.6 is 0 Å². The van der Waals surface area contributed by atoms with Crippen LogP contribution in [0.25, 0.3) is 0 Å². The van der Waals surface area contributed by atoms with Crippen LogP contribution in [0.4, 0.5) is 0 Å². The van der Waals surface area contributed by atoms with Gasteiger partial charge in [0.15, 0.2) is 0 Å². The van der Waals surface area contributed by atoms with Crippen molar-refractivity contribution in [3.63, 3.8) is 0 Å². The van der Waals surface area contributed by atoms with Gasteiger partial charge in [-0.1, -0.05) is 0 Å². The Morgan fingerprint density at radius 1 is 0.933 bits per heavy atom. The van der Waals surface area contributed by atoms with Gasteiger partial charge in [0.1, 0.15) is 24.1 Å². The molecule has 8 nitrogen and oxygen atoms in total. The summed E-state index contributed by atoms with van der Waals surface area (Å²) >= 11 is 0. The molecule has 0 saturated carbocycles. The molecule has 0 spiro atoms. The molecular weight excluding hydrogens is 232 g/mol. The van der Waals surface area contributed by atoms with E-state index in [2.05, 4.69) is 0 Å². The van der Waals surface area contributed by atoms with Gasteiger partial charge in [0.2, 0.25) is 0 Å². The molecule has 0 rings (SSSR count). The molecule has 15 heavy (non-hydrogen) atoms. The lowest BCUT2D eigenvalue weighted by Gasteiger charge is -2.24. The molecule has 0 amide bonds. The zero-order valence-electron chi connectivity index (χ0n) is 7.63. The Morgan fingerprint density at radius 3 is 1.67 bits per heavy atom. The monoisotopic (exact) mass is 246 g/mol. The summed E-state index contributed by atoms with van der Waals surface area (Å²) in [7, 11) is -4.50. The zero-order valence-corrected chi connectivity index (χ0v) is 8.45. The van der Waals surface area contributed by atoms with Crippen LogP contribution in [0.5, 0.6) is 0 Å². The van der Waals surface area contributed by atoms with Gasteiger partial charge < -0.3 is 25.5 Å². The lowest BCUT2D eigenvalue weighted by atomic mass is 10.0. The van der Waals surface area contributed by atoms with Crippen molar-refractivity contribution in [1.82, 2.24) is 0 Å². The van der Waals surface area contributed by atoms with Gasteiger partial charge in [-0.15, -0.1) is 0 Å². The van der Waals surface area contributed by atoms with Gasteiger partial charge >= 0.3 is 0 Å². The fourth-order valence-electron chi connectivity index (χ4n) is 0.878. The molecule has 0 radical (unpaired) electrons. The minimum Gasteiger partial charge on any atom is -0.394 e. The highest BCUT2D eigenvalue weighted by Crippen LogP contribution is 2.06. The number of hydrogen-bond acceptors (Lipinski definition) is 7. The van der Waals surface area contributed by atoms with E-state index in [4.69, 9.17) is 30.1 Å². The van der Waals surface area contributed by atoms with Crippen molar-refractivity contribution in [1.29, 1.82) is 0 Å². The summed E-state index contributed by atoms with van der Waals surface area (Å²) in [6, 6.07) is 0. The van der Waals surface area contributed by atoms with Gasteiger partial charge in [-0.05, 0) is 0 Å². The average Bonchev–Trinajstić information content (AvgIpc) is 2.11. The van der Waals surface area contributed by atoms with Gasteiger partial charge in [-0.25, -0.2) is 0 Å². The SMILES string of the molecule is O=S(=O)(O)C[C@@H](O)[C@@H](O)[C@H](O)[C@@H](O)CO. The van der Waals surface area contributed by atoms with Crippen molar-refractivity contribution in [2.75, 3.05) is 12.4 Å².